The number of sulfone groups is 1. The zero-order chi connectivity index (χ0) is 14.4. The predicted octanol–water partition coefficient (Wildman–Crippen LogP) is 2.96. The van der Waals surface area contributed by atoms with Crippen LogP contribution in [0.15, 0.2) is 35.0 Å². The lowest BCUT2D eigenvalue weighted by molar-refractivity contribution is 0.433. The van der Waals surface area contributed by atoms with E-state index in [1.807, 2.05) is 12.3 Å². The maximum atomic E-state index is 12.3. The molecule has 0 radical (unpaired) electrons. The number of nitrogens with zero attached hydrogens (tertiary/aromatic N) is 2. The van der Waals surface area contributed by atoms with Gasteiger partial charge in [-0.1, -0.05) is 19.3 Å². The minimum atomic E-state index is -3.38. The number of pyridine rings is 1. The van der Waals surface area contributed by atoms with Crippen LogP contribution >= 0.6 is 0 Å². The molecule has 1 N–H and O–H groups in total. The molecule has 0 spiro atoms. The highest BCUT2D eigenvalue weighted by molar-refractivity contribution is 7.94. The Bertz CT molecular complexity index is 817. The van der Waals surface area contributed by atoms with Crippen LogP contribution in [0.4, 0.5) is 5.69 Å². The Kier molecular flexibility index (Phi) is 2.82. The Morgan fingerprint density at radius 2 is 2.05 bits per heavy atom. The molecule has 1 aliphatic carbocycles. The minimum absolute atomic E-state index is 0.322. The Morgan fingerprint density at radius 3 is 2.86 bits per heavy atom. The quantitative estimate of drug-likeness (QED) is 0.879. The van der Waals surface area contributed by atoms with Crippen molar-refractivity contribution in [3.8, 4) is 0 Å². The van der Waals surface area contributed by atoms with E-state index in [4.69, 9.17) is 0 Å². The molecule has 2 aliphatic rings. The van der Waals surface area contributed by atoms with E-state index >= 15 is 0 Å². The summed E-state index contributed by atoms with van der Waals surface area (Å²) < 4.78 is 24.6. The number of H-pyrrole nitrogens is 1. The maximum Gasteiger partial charge on any atom is 0.204 e. The number of anilines is 1. The Labute approximate surface area is 123 Å². The lowest BCUT2D eigenvalue weighted by atomic mass is 9.94. The number of hydrogen-bond acceptors (Lipinski definition) is 4. The summed E-state index contributed by atoms with van der Waals surface area (Å²) in [5.41, 5.74) is 1.52. The van der Waals surface area contributed by atoms with Crippen LogP contribution in [-0.4, -0.2) is 24.4 Å². The zero-order valence-corrected chi connectivity index (χ0v) is 12.4. The molecule has 5 nitrogen and oxygen atoms in total. The average molecular weight is 303 g/mol. The fourth-order valence-electron chi connectivity index (χ4n) is 3.41. The van der Waals surface area contributed by atoms with Gasteiger partial charge in [0.2, 0.25) is 9.84 Å². The van der Waals surface area contributed by atoms with Crippen LogP contribution in [0.25, 0.3) is 11.0 Å². The van der Waals surface area contributed by atoms with Crippen LogP contribution in [-0.2, 0) is 9.84 Å². The molecule has 0 aromatic carbocycles. The second kappa shape index (κ2) is 4.59. The van der Waals surface area contributed by atoms with Crippen molar-refractivity contribution in [2.24, 2.45) is 0 Å². The molecular formula is C15H17N3O2S. The van der Waals surface area contributed by atoms with Crippen molar-refractivity contribution in [1.29, 1.82) is 0 Å². The average Bonchev–Trinajstić information content (AvgIpc) is 2.97. The standard InChI is InChI=1S/C15H17N3O2S/c19-21(20)9-8-18(11-4-2-1-3-5-11)14-12-6-7-16-15(12)17-10-13(14)21/h6-11H,1-5H2,(H,16,17). The molecular weight excluding hydrogens is 286 g/mol. The molecule has 1 aliphatic heterocycles. The smallest absolute Gasteiger partial charge is 0.204 e. The number of aromatic amines is 1. The van der Waals surface area contributed by atoms with Crippen molar-refractivity contribution in [3.05, 3.63) is 30.1 Å². The topological polar surface area (TPSA) is 66.1 Å². The molecule has 1 saturated carbocycles. The number of nitrogens with one attached hydrogen (secondary N) is 1. The number of aromatic nitrogens is 2. The summed E-state index contributed by atoms with van der Waals surface area (Å²) in [4.78, 5) is 9.77. The number of rotatable bonds is 1. The van der Waals surface area contributed by atoms with E-state index in [1.54, 1.807) is 6.20 Å². The van der Waals surface area contributed by atoms with Gasteiger partial charge in [0.05, 0.1) is 17.3 Å². The van der Waals surface area contributed by atoms with Gasteiger partial charge >= 0.3 is 0 Å². The molecule has 0 bridgehead atoms. The first-order valence-electron chi connectivity index (χ1n) is 7.34. The van der Waals surface area contributed by atoms with Crippen molar-refractivity contribution in [3.63, 3.8) is 0 Å². The van der Waals surface area contributed by atoms with E-state index in [0.29, 0.717) is 10.9 Å². The molecule has 1 fully saturated rings. The summed E-state index contributed by atoms with van der Waals surface area (Å²) in [7, 11) is -3.38. The number of fused-ring (bicyclic) bond motifs is 3. The highest BCUT2D eigenvalue weighted by Gasteiger charge is 2.31. The third kappa shape index (κ3) is 1.97. The molecule has 110 valence electrons. The second-order valence-electron chi connectivity index (χ2n) is 5.74. The number of hydrogen-bond donors (Lipinski definition) is 1. The fourth-order valence-corrected chi connectivity index (χ4v) is 4.53. The lowest BCUT2D eigenvalue weighted by Gasteiger charge is -2.36. The summed E-state index contributed by atoms with van der Waals surface area (Å²) >= 11 is 0. The van der Waals surface area contributed by atoms with E-state index in [0.717, 1.165) is 29.6 Å². The Hall–Kier alpha value is -1.82. The molecule has 4 rings (SSSR count). The van der Waals surface area contributed by atoms with Crippen LogP contribution in [0.3, 0.4) is 0 Å². The van der Waals surface area contributed by atoms with Gasteiger partial charge in [-0.15, -0.1) is 0 Å². The van der Waals surface area contributed by atoms with Gasteiger partial charge < -0.3 is 9.88 Å². The molecule has 0 amide bonds. The highest BCUT2D eigenvalue weighted by atomic mass is 32.2. The third-order valence-electron chi connectivity index (χ3n) is 4.46. The van der Waals surface area contributed by atoms with Gasteiger partial charge in [-0.05, 0) is 18.9 Å². The van der Waals surface area contributed by atoms with Gasteiger partial charge in [-0.25, -0.2) is 13.4 Å². The molecule has 0 saturated heterocycles. The first-order chi connectivity index (χ1) is 10.2. The predicted molar refractivity (Wildman–Crippen MR) is 81.8 cm³/mol. The lowest BCUT2D eigenvalue weighted by Crippen LogP contribution is -2.35. The van der Waals surface area contributed by atoms with Gasteiger partial charge in [-0.3, -0.25) is 0 Å². The normalized spacial score (nSPS) is 21.6. The summed E-state index contributed by atoms with van der Waals surface area (Å²) in [6, 6.07) is 2.29. The van der Waals surface area contributed by atoms with Crippen LogP contribution in [0.2, 0.25) is 0 Å². The van der Waals surface area contributed by atoms with Gasteiger partial charge in [-0.2, -0.15) is 0 Å². The van der Waals surface area contributed by atoms with Crippen LogP contribution in [0, 0.1) is 0 Å². The molecule has 2 aromatic rings. The van der Waals surface area contributed by atoms with Crippen LogP contribution in [0.5, 0.6) is 0 Å². The maximum absolute atomic E-state index is 12.3. The van der Waals surface area contributed by atoms with Gasteiger partial charge in [0.25, 0.3) is 0 Å². The van der Waals surface area contributed by atoms with Crippen molar-refractivity contribution < 1.29 is 8.42 Å². The second-order valence-corrected chi connectivity index (χ2v) is 7.54. The Balaban J connectivity index is 1.94. The molecule has 0 unspecified atom stereocenters. The zero-order valence-electron chi connectivity index (χ0n) is 11.6. The minimum Gasteiger partial charge on any atom is -0.346 e. The molecule has 2 aromatic heterocycles. The summed E-state index contributed by atoms with van der Waals surface area (Å²) in [6.45, 7) is 0. The Morgan fingerprint density at radius 1 is 1.24 bits per heavy atom. The molecule has 3 heterocycles. The van der Waals surface area contributed by atoms with Crippen molar-refractivity contribution in [2.75, 3.05) is 4.90 Å². The van der Waals surface area contributed by atoms with Gasteiger partial charge in [0.1, 0.15) is 10.5 Å². The molecule has 21 heavy (non-hydrogen) atoms. The van der Waals surface area contributed by atoms with Crippen LogP contribution < -0.4 is 4.90 Å². The van der Waals surface area contributed by atoms with Gasteiger partial charge in [0.15, 0.2) is 0 Å². The van der Waals surface area contributed by atoms with Crippen molar-refractivity contribution >= 4 is 26.6 Å². The molecule has 0 atom stereocenters. The third-order valence-corrected chi connectivity index (χ3v) is 5.85. The molecule has 6 heteroatoms. The first-order valence-corrected chi connectivity index (χ1v) is 8.89. The summed E-state index contributed by atoms with van der Waals surface area (Å²) in [5, 5.41) is 2.19. The van der Waals surface area contributed by atoms with E-state index in [9.17, 15) is 8.42 Å². The first kappa shape index (κ1) is 12.9. The largest absolute Gasteiger partial charge is 0.346 e. The van der Waals surface area contributed by atoms with E-state index in [-0.39, 0.29) is 0 Å². The van der Waals surface area contributed by atoms with Crippen molar-refractivity contribution in [1.82, 2.24) is 9.97 Å². The monoisotopic (exact) mass is 303 g/mol. The summed E-state index contributed by atoms with van der Waals surface area (Å²) in [5.74, 6) is 0. The van der Waals surface area contributed by atoms with Crippen molar-refractivity contribution in [2.45, 2.75) is 43.0 Å². The van der Waals surface area contributed by atoms with E-state index in [1.165, 1.54) is 30.9 Å². The SMILES string of the molecule is O=S1(=O)C=CN(C2CCCCC2)c2c1cnc1[nH]ccc21. The highest BCUT2D eigenvalue weighted by Crippen LogP contribution is 2.39. The van der Waals surface area contributed by atoms with Gasteiger partial charge in [0, 0.05) is 23.8 Å². The van der Waals surface area contributed by atoms with E-state index < -0.39 is 9.84 Å². The summed E-state index contributed by atoms with van der Waals surface area (Å²) in [6.07, 6.45) is 10.9. The fraction of sp³-hybridized carbons (Fsp3) is 0.400. The van der Waals surface area contributed by atoms with E-state index in [2.05, 4.69) is 14.9 Å². The van der Waals surface area contributed by atoms with Crippen LogP contribution in [0.1, 0.15) is 32.1 Å².